The number of anilines is 1. The number of nitrogens with zero attached hydrogens (tertiary/aromatic N) is 2. The van der Waals surface area contributed by atoms with Crippen molar-refractivity contribution in [1.82, 2.24) is 4.98 Å². The molecular formula is C18H25N3. The van der Waals surface area contributed by atoms with Crippen LogP contribution in [0, 0.1) is 0 Å². The van der Waals surface area contributed by atoms with E-state index in [2.05, 4.69) is 36.1 Å². The van der Waals surface area contributed by atoms with Crippen molar-refractivity contribution >= 4 is 16.7 Å². The Morgan fingerprint density at radius 3 is 2.52 bits per heavy atom. The highest BCUT2D eigenvalue weighted by Crippen LogP contribution is 2.26. The van der Waals surface area contributed by atoms with Crippen LogP contribution in [0.5, 0.6) is 0 Å². The summed E-state index contributed by atoms with van der Waals surface area (Å²) >= 11 is 0. The molecule has 0 spiro atoms. The van der Waals surface area contributed by atoms with Gasteiger partial charge in [-0.05, 0) is 43.0 Å². The van der Waals surface area contributed by atoms with Crippen molar-refractivity contribution in [3.8, 4) is 0 Å². The van der Waals surface area contributed by atoms with Crippen LogP contribution in [0.25, 0.3) is 10.9 Å². The maximum atomic E-state index is 5.99. The summed E-state index contributed by atoms with van der Waals surface area (Å²) in [6.45, 7) is 4.96. The Bertz CT molecular complexity index is 613. The maximum Gasteiger partial charge on any atom is 0.133 e. The summed E-state index contributed by atoms with van der Waals surface area (Å²) in [5, 5.41) is 1.22. The minimum Gasteiger partial charge on any atom is -0.356 e. The molecule has 1 aromatic heterocycles. The van der Waals surface area contributed by atoms with Crippen LogP contribution in [0.3, 0.4) is 0 Å². The third kappa shape index (κ3) is 3.03. The summed E-state index contributed by atoms with van der Waals surface area (Å²) in [6, 6.07) is 8.81. The number of hydrogen-bond donors (Lipinski definition) is 1. The van der Waals surface area contributed by atoms with Crippen LogP contribution in [0.15, 0.2) is 24.3 Å². The Morgan fingerprint density at radius 1 is 1.10 bits per heavy atom. The zero-order valence-electron chi connectivity index (χ0n) is 12.9. The molecule has 2 aromatic rings. The minimum atomic E-state index is 0.561. The number of hydrogen-bond acceptors (Lipinski definition) is 3. The van der Waals surface area contributed by atoms with Crippen LogP contribution in [-0.2, 0) is 13.0 Å². The van der Waals surface area contributed by atoms with Crippen LogP contribution in [0.1, 0.15) is 43.7 Å². The van der Waals surface area contributed by atoms with Crippen molar-refractivity contribution in [3.63, 3.8) is 0 Å². The Morgan fingerprint density at radius 2 is 1.86 bits per heavy atom. The van der Waals surface area contributed by atoms with Crippen molar-refractivity contribution in [3.05, 3.63) is 35.4 Å². The molecule has 1 aromatic carbocycles. The number of nitrogens with two attached hydrogens (primary N) is 1. The molecule has 1 saturated heterocycles. The molecule has 0 amide bonds. The van der Waals surface area contributed by atoms with E-state index in [1.54, 1.807) is 0 Å². The van der Waals surface area contributed by atoms with Gasteiger partial charge in [-0.25, -0.2) is 4.98 Å². The first-order valence-corrected chi connectivity index (χ1v) is 8.19. The van der Waals surface area contributed by atoms with Gasteiger partial charge in [0, 0.05) is 30.6 Å². The Hall–Kier alpha value is -1.61. The van der Waals surface area contributed by atoms with E-state index in [1.165, 1.54) is 42.2 Å². The van der Waals surface area contributed by atoms with E-state index < -0.39 is 0 Å². The average molecular weight is 283 g/mol. The van der Waals surface area contributed by atoms with Gasteiger partial charge in [0.05, 0.1) is 5.52 Å². The monoisotopic (exact) mass is 283 g/mol. The van der Waals surface area contributed by atoms with Gasteiger partial charge >= 0.3 is 0 Å². The smallest absolute Gasteiger partial charge is 0.133 e. The molecule has 2 heterocycles. The molecule has 1 aliphatic heterocycles. The molecule has 21 heavy (non-hydrogen) atoms. The van der Waals surface area contributed by atoms with Crippen LogP contribution < -0.4 is 10.6 Å². The molecular weight excluding hydrogens is 258 g/mol. The van der Waals surface area contributed by atoms with E-state index in [9.17, 15) is 0 Å². The van der Waals surface area contributed by atoms with Gasteiger partial charge in [0.25, 0.3) is 0 Å². The predicted molar refractivity (Wildman–Crippen MR) is 89.7 cm³/mol. The molecule has 0 bridgehead atoms. The van der Waals surface area contributed by atoms with Crippen LogP contribution in [-0.4, -0.2) is 18.1 Å². The number of benzene rings is 1. The largest absolute Gasteiger partial charge is 0.356 e. The van der Waals surface area contributed by atoms with E-state index in [1.807, 2.05) is 0 Å². The van der Waals surface area contributed by atoms with Crippen LogP contribution >= 0.6 is 0 Å². The van der Waals surface area contributed by atoms with Gasteiger partial charge < -0.3 is 10.6 Å². The third-order valence-corrected chi connectivity index (χ3v) is 4.47. The normalized spacial score (nSPS) is 16.2. The van der Waals surface area contributed by atoms with E-state index in [0.29, 0.717) is 6.54 Å². The molecule has 112 valence electrons. The average Bonchev–Trinajstić information content (AvgIpc) is 2.82. The number of aryl methyl sites for hydroxylation is 1. The van der Waals surface area contributed by atoms with Crippen molar-refractivity contribution in [2.24, 2.45) is 5.73 Å². The van der Waals surface area contributed by atoms with E-state index in [-0.39, 0.29) is 0 Å². The Balaban J connectivity index is 2.04. The van der Waals surface area contributed by atoms with Gasteiger partial charge in [0.1, 0.15) is 5.82 Å². The molecule has 0 radical (unpaired) electrons. The van der Waals surface area contributed by atoms with Crippen molar-refractivity contribution < 1.29 is 0 Å². The van der Waals surface area contributed by atoms with Gasteiger partial charge in [-0.1, -0.05) is 25.8 Å². The molecule has 1 aliphatic rings. The van der Waals surface area contributed by atoms with E-state index in [4.69, 9.17) is 10.7 Å². The highest BCUT2D eigenvalue weighted by molar-refractivity contribution is 5.82. The van der Waals surface area contributed by atoms with Crippen LogP contribution in [0.2, 0.25) is 0 Å². The number of aromatic nitrogens is 1. The topological polar surface area (TPSA) is 42.2 Å². The second-order valence-electron chi connectivity index (χ2n) is 5.96. The summed E-state index contributed by atoms with van der Waals surface area (Å²) in [6.07, 6.45) is 6.25. The lowest BCUT2D eigenvalue weighted by molar-refractivity contribution is 0.726. The number of fused-ring (bicyclic) bond motifs is 1. The SMILES string of the molecule is CCc1ccc2nc(N3CCCCCC3)c(CN)cc2c1. The molecule has 2 N–H and O–H groups in total. The summed E-state index contributed by atoms with van der Waals surface area (Å²) in [5.74, 6) is 1.11. The molecule has 1 fully saturated rings. The molecule has 0 unspecified atom stereocenters. The Kier molecular flexibility index (Phi) is 4.39. The van der Waals surface area contributed by atoms with Crippen LogP contribution in [0.4, 0.5) is 5.82 Å². The maximum absolute atomic E-state index is 5.99. The number of pyridine rings is 1. The van der Waals surface area contributed by atoms with Crippen molar-refractivity contribution in [2.45, 2.75) is 45.6 Å². The fourth-order valence-electron chi connectivity index (χ4n) is 3.19. The molecule has 0 saturated carbocycles. The second kappa shape index (κ2) is 6.44. The van der Waals surface area contributed by atoms with Crippen molar-refractivity contribution in [2.75, 3.05) is 18.0 Å². The number of rotatable bonds is 3. The second-order valence-corrected chi connectivity index (χ2v) is 5.96. The fourth-order valence-corrected chi connectivity index (χ4v) is 3.19. The fraction of sp³-hybridized carbons (Fsp3) is 0.500. The van der Waals surface area contributed by atoms with Gasteiger partial charge in [-0.3, -0.25) is 0 Å². The van der Waals surface area contributed by atoms with Gasteiger partial charge in [-0.2, -0.15) is 0 Å². The molecule has 0 aliphatic carbocycles. The van der Waals surface area contributed by atoms with E-state index >= 15 is 0 Å². The highest BCUT2D eigenvalue weighted by atomic mass is 15.2. The molecule has 3 heteroatoms. The zero-order chi connectivity index (χ0) is 14.7. The summed E-state index contributed by atoms with van der Waals surface area (Å²) < 4.78 is 0. The first-order valence-electron chi connectivity index (χ1n) is 8.19. The zero-order valence-corrected chi connectivity index (χ0v) is 12.9. The predicted octanol–water partition coefficient (Wildman–Crippen LogP) is 3.64. The lowest BCUT2D eigenvalue weighted by Crippen LogP contribution is -2.26. The first-order chi connectivity index (χ1) is 10.3. The summed E-state index contributed by atoms with van der Waals surface area (Å²) in [7, 11) is 0. The van der Waals surface area contributed by atoms with E-state index in [0.717, 1.165) is 30.8 Å². The molecule has 3 rings (SSSR count). The molecule has 3 nitrogen and oxygen atoms in total. The standard InChI is InChI=1S/C18H25N3/c1-2-14-7-8-17-15(11-14)12-16(13-19)18(20-17)21-9-5-3-4-6-10-21/h7-8,11-12H,2-6,9-10,13,19H2,1H3. The lowest BCUT2D eigenvalue weighted by atomic mass is 10.1. The quantitative estimate of drug-likeness (QED) is 0.935. The lowest BCUT2D eigenvalue weighted by Gasteiger charge is -2.24. The third-order valence-electron chi connectivity index (χ3n) is 4.47. The van der Waals surface area contributed by atoms with Gasteiger partial charge in [0.15, 0.2) is 0 Å². The minimum absolute atomic E-state index is 0.561. The Labute approximate surface area is 127 Å². The van der Waals surface area contributed by atoms with Gasteiger partial charge in [0.2, 0.25) is 0 Å². The molecule has 0 atom stereocenters. The van der Waals surface area contributed by atoms with Gasteiger partial charge in [-0.15, -0.1) is 0 Å². The first kappa shape index (κ1) is 14.3. The summed E-state index contributed by atoms with van der Waals surface area (Å²) in [4.78, 5) is 7.37. The highest BCUT2D eigenvalue weighted by Gasteiger charge is 2.15. The van der Waals surface area contributed by atoms with Crippen molar-refractivity contribution in [1.29, 1.82) is 0 Å². The summed E-state index contributed by atoms with van der Waals surface area (Å²) in [5.41, 5.74) is 9.61.